The number of hydrogen-bond acceptors (Lipinski definition) is 5. The van der Waals surface area contributed by atoms with Crippen molar-refractivity contribution in [3.8, 4) is 5.75 Å². The molecule has 4 rings (SSSR count). The monoisotopic (exact) mass is 412 g/mol. The number of hydrazine groups is 1. The molecule has 1 aromatic heterocycles. The van der Waals surface area contributed by atoms with E-state index in [0.717, 1.165) is 33.6 Å². The Hall–Kier alpha value is -3.90. The van der Waals surface area contributed by atoms with E-state index in [9.17, 15) is 4.79 Å². The quantitative estimate of drug-likeness (QED) is 0.360. The van der Waals surface area contributed by atoms with Gasteiger partial charge < -0.3 is 10.1 Å². The Morgan fingerprint density at radius 1 is 1.06 bits per heavy atom. The number of para-hydroxylation sites is 1. The van der Waals surface area contributed by atoms with Gasteiger partial charge in [0, 0.05) is 18.1 Å². The maximum absolute atomic E-state index is 12.6. The first-order valence-electron chi connectivity index (χ1n) is 9.96. The summed E-state index contributed by atoms with van der Waals surface area (Å²) < 4.78 is 5.16. The zero-order chi connectivity index (χ0) is 21.8. The number of hydrogen-bond donors (Lipinski definition) is 2. The molecular weight excluding hydrogens is 388 g/mol. The van der Waals surface area contributed by atoms with Crippen LogP contribution in [0.15, 0.2) is 79.0 Å². The average molecular weight is 412 g/mol. The number of aryl methyl sites for hydroxylation is 1. The van der Waals surface area contributed by atoms with Gasteiger partial charge in [0.2, 0.25) is 0 Å². The molecule has 4 aromatic rings. The van der Waals surface area contributed by atoms with Crippen molar-refractivity contribution in [1.29, 1.82) is 0 Å². The molecular formula is C25H24N4O2. The van der Waals surface area contributed by atoms with Gasteiger partial charge in [-0.25, -0.2) is 5.84 Å². The predicted octanol–water partition coefficient (Wildman–Crippen LogP) is 4.49. The van der Waals surface area contributed by atoms with Gasteiger partial charge in [-0.3, -0.25) is 14.8 Å². The number of nitrogens with zero attached hydrogens (tertiary/aromatic N) is 2. The second-order valence-corrected chi connectivity index (χ2v) is 7.31. The van der Waals surface area contributed by atoms with E-state index in [1.54, 1.807) is 18.3 Å². The van der Waals surface area contributed by atoms with Gasteiger partial charge in [0.15, 0.2) is 0 Å². The minimum absolute atomic E-state index is 0.182. The molecule has 0 aliphatic carbocycles. The summed E-state index contributed by atoms with van der Waals surface area (Å²) in [6.45, 7) is 2.45. The smallest absolute Gasteiger partial charge is 0.253 e. The Labute approximate surface area is 181 Å². The summed E-state index contributed by atoms with van der Waals surface area (Å²) >= 11 is 0. The van der Waals surface area contributed by atoms with Crippen molar-refractivity contribution < 1.29 is 9.53 Å². The van der Waals surface area contributed by atoms with Gasteiger partial charge in [0.05, 0.1) is 29.6 Å². The zero-order valence-corrected chi connectivity index (χ0v) is 17.5. The lowest BCUT2D eigenvalue weighted by atomic mass is 10.1. The first kappa shape index (κ1) is 20.4. The zero-order valence-electron chi connectivity index (χ0n) is 17.5. The molecule has 31 heavy (non-hydrogen) atoms. The first-order valence-corrected chi connectivity index (χ1v) is 9.96. The molecule has 1 amide bonds. The Morgan fingerprint density at radius 3 is 2.52 bits per heavy atom. The lowest BCUT2D eigenvalue weighted by Gasteiger charge is -2.20. The Morgan fingerprint density at radius 2 is 1.81 bits per heavy atom. The number of fused-ring (bicyclic) bond motifs is 1. The second-order valence-electron chi connectivity index (χ2n) is 7.31. The fourth-order valence-electron chi connectivity index (χ4n) is 3.34. The number of aromatic nitrogens is 1. The van der Waals surface area contributed by atoms with E-state index in [1.807, 2.05) is 79.7 Å². The predicted molar refractivity (Wildman–Crippen MR) is 123 cm³/mol. The van der Waals surface area contributed by atoms with Crippen molar-refractivity contribution in [3.05, 3.63) is 95.7 Å². The third-order valence-electron chi connectivity index (χ3n) is 5.14. The van der Waals surface area contributed by atoms with Crippen LogP contribution in [0.1, 0.15) is 21.5 Å². The molecule has 0 unspecified atom stereocenters. The minimum Gasteiger partial charge on any atom is -0.497 e. The van der Waals surface area contributed by atoms with Crippen LogP contribution in [0.3, 0.4) is 0 Å². The third kappa shape index (κ3) is 4.49. The molecule has 3 aromatic carbocycles. The molecule has 6 nitrogen and oxygen atoms in total. The van der Waals surface area contributed by atoms with Gasteiger partial charge in [-0.1, -0.05) is 42.0 Å². The standard InChI is InChI=1S/C25H24N4O2/c1-17-6-10-21(11-7-17)29(26)23-5-3-4-19-14-20(16-27-24(19)23)25(30)28-15-18-8-12-22(31-2)13-9-18/h3-14,16H,15,26H2,1-2H3,(H,28,30). The van der Waals surface area contributed by atoms with Crippen molar-refractivity contribution in [1.82, 2.24) is 10.3 Å². The van der Waals surface area contributed by atoms with Crippen LogP contribution in [-0.4, -0.2) is 18.0 Å². The van der Waals surface area contributed by atoms with Crippen LogP contribution >= 0.6 is 0 Å². The number of rotatable bonds is 6. The summed E-state index contributed by atoms with van der Waals surface area (Å²) in [6.07, 6.45) is 1.58. The van der Waals surface area contributed by atoms with E-state index in [1.165, 1.54) is 5.56 Å². The maximum Gasteiger partial charge on any atom is 0.253 e. The third-order valence-corrected chi connectivity index (χ3v) is 5.14. The number of anilines is 2. The van der Waals surface area contributed by atoms with Crippen LogP contribution in [0, 0.1) is 6.92 Å². The maximum atomic E-state index is 12.6. The van der Waals surface area contributed by atoms with Crippen molar-refractivity contribution in [2.75, 3.05) is 12.1 Å². The van der Waals surface area contributed by atoms with E-state index in [0.29, 0.717) is 12.1 Å². The van der Waals surface area contributed by atoms with Gasteiger partial charge >= 0.3 is 0 Å². The van der Waals surface area contributed by atoms with Crippen LogP contribution in [0.5, 0.6) is 5.75 Å². The Kier molecular flexibility index (Phi) is 5.82. The first-order chi connectivity index (χ1) is 15.0. The van der Waals surface area contributed by atoms with E-state index in [-0.39, 0.29) is 5.91 Å². The largest absolute Gasteiger partial charge is 0.497 e. The SMILES string of the molecule is COc1ccc(CNC(=O)c2cnc3c(N(N)c4ccc(C)cc4)cccc3c2)cc1. The summed E-state index contributed by atoms with van der Waals surface area (Å²) in [5.41, 5.74) is 5.02. The van der Waals surface area contributed by atoms with Gasteiger partial charge in [-0.15, -0.1) is 0 Å². The number of benzene rings is 3. The molecule has 1 heterocycles. The molecule has 0 spiro atoms. The molecule has 0 fully saturated rings. The number of nitrogens with two attached hydrogens (primary N) is 1. The van der Waals surface area contributed by atoms with E-state index < -0.39 is 0 Å². The normalized spacial score (nSPS) is 10.7. The average Bonchev–Trinajstić information content (AvgIpc) is 2.82. The van der Waals surface area contributed by atoms with Gasteiger partial charge in [-0.05, 0) is 48.9 Å². The molecule has 0 saturated carbocycles. The number of carbonyl (C=O) groups is 1. The van der Waals surface area contributed by atoms with E-state index in [2.05, 4.69) is 10.3 Å². The Bertz CT molecular complexity index is 1200. The summed E-state index contributed by atoms with van der Waals surface area (Å²) in [5.74, 6) is 6.97. The van der Waals surface area contributed by atoms with Gasteiger partial charge in [0.25, 0.3) is 5.91 Å². The number of pyridine rings is 1. The highest BCUT2D eigenvalue weighted by molar-refractivity contribution is 6.00. The summed E-state index contributed by atoms with van der Waals surface area (Å²) in [5, 5.41) is 5.38. The van der Waals surface area contributed by atoms with Crippen LogP contribution in [-0.2, 0) is 6.54 Å². The number of carbonyl (C=O) groups excluding carboxylic acids is 1. The lowest BCUT2D eigenvalue weighted by molar-refractivity contribution is 0.0950. The van der Waals surface area contributed by atoms with Gasteiger partial charge in [-0.2, -0.15) is 0 Å². The van der Waals surface area contributed by atoms with Crippen molar-refractivity contribution in [2.24, 2.45) is 5.84 Å². The molecule has 3 N–H and O–H groups in total. The highest BCUT2D eigenvalue weighted by atomic mass is 16.5. The van der Waals surface area contributed by atoms with Gasteiger partial charge in [0.1, 0.15) is 5.75 Å². The van der Waals surface area contributed by atoms with E-state index in [4.69, 9.17) is 10.6 Å². The molecule has 0 aliphatic rings. The van der Waals surface area contributed by atoms with Crippen molar-refractivity contribution >= 4 is 28.2 Å². The highest BCUT2D eigenvalue weighted by Gasteiger charge is 2.13. The summed E-state index contributed by atoms with van der Waals surface area (Å²) in [4.78, 5) is 17.2. The Balaban J connectivity index is 1.53. The molecule has 0 atom stereocenters. The van der Waals surface area contributed by atoms with E-state index >= 15 is 0 Å². The summed E-state index contributed by atoms with van der Waals surface area (Å²) in [6, 6.07) is 23.1. The van der Waals surface area contributed by atoms with Crippen LogP contribution in [0.25, 0.3) is 10.9 Å². The fourth-order valence-corrected chi connectivity index (χ4v) is 3.34. The number of nitrogens with one attached hydrogen (secondary N) is 1. The van der Waals surface area contributed by atoms with Crippen LogP contribution in [0.4, 0.5) is 11.4 Å². The molecule has 0 radical (unpaired) electrons. The number of methoxy groups -OCH3 is 1. The number of ether oxygens (including phenoxy) is 1. The van der Waals surface area contributed by atoms with Crippen molar-refractivity contribution in [3.63, 3.8) is 0 Å². The molecule has 0 aliphatic heterocycles. The molecule has 156 valence electrons. The van der Waals surface area contributed by atoms with Crippen molar-refractivity contribution in [2.45, 2.75) is 13.5 Å². The molecule has 6 heteroatoms. The second kappa shape index (κ2) is 8.85. The van der Waals surface area contributed by atoms with Crippen LogP contribution in [0.2, 0.25) is 0 Å². The topological polar surface area (TPSA) is 80.5 Å². The highest BCUT2D eigenvalue weighted by Crippen LogP contribution is 2.29. The van der Waals surface area contributed by atoms with Crippen LogP contribution < -0.4 is 20.9 Å². The number of amides is 1. The minimum atomic E-state index is -0.182. The fraction of sp³-hybridized carbons (Fsp3) is 0.120. The molecule has 0 saturated heterocycles. The summed E-state index contributed by atoms with van der Waals surface area (Å²) in [7, 11) is 1.62. The lowest BCUT2D eigenvalue weighted by Crippen LogP contribution is -2.25. The molecule has 0 bridgehead atoms.